The lowest BCUT2D eigenvalue weighted by Crippen LogP contribution is -2.46. The van der Waals surface area contributed by atoms with Crippen molar-refractivity contribution in [2.24, 2.45) is 11.7 Å². The van der Waals surface area contributed by atoms with Crippen molar-refractivity contribution in [3.63, 3.8) is 0 Å². The molecule has 0 aliphatic carbocycles. The van der Waals surface area contributed by atoms with E-state index in [-0.39, 0.29) is 5.91 Å². The molecule has 35 heavy (non-hydrogen) atoms. The SMILES string of the molecule is C=CC(=O)N1CCC[C@H](Cc2cc(CN3CCN(CCCN)CC3)cc(Nc3ncc(C)s3)n2)C1. The number of hydrogen-bond acceptors (Lipinski definition) is 8. The van der Waals surface area contributed by atoms with E-state index >= 15 is 0 Å². The summed E-state index contributed by atoms with van der Waals surface area (Å²) in [5, 5.41) is 4.29. The van der Waals surface area contributed by atoms with Crippen LogP contribution in [0.5, 0.6) is 0 Å². The molecular formula is C26H39N7OS. The highest BCUT2D eigenvalue weighted by Crippen LogP contribution is 2.25. The second-order valence-corrected chi connectivity index (χ2v) is 10.9. The third-order valence-corrected chi connectivity index (χ3v) is 7.68. The van der Waals surface area contributed by atoms with Crippen LogP contribution in [0.3, 0.4) is 0 Å². The molecule has 1 amide bonds. The zero-order valence-electron chi connectivity index (χ0n) is 20.9. The molecule has 0 saturated carbocycles. The molecule has 4 heterocycles. The third kappa shape index (κ3) is 7.57. The number of carbonyl (C=O) groups is 1. The van der Waals surface area contributed by atoms with E-state index in [4.69, 9.17) is 10.7 Å². The van der Waals surface area contributed by atoms with E-state index in [9.17, 15) is 4.79 Å². The van der Waals surface area contributed by atoms with Crippen LogP contribution in [0.2, 0.25) is 0 Å². The van der Waals surface area contributed by atoms with Gasteiger partial charge in [-0.3, -0.25) is 9.69 Å². The largest absolute Gasteiger partial charge is 0.339 e. The maximum Gasteiger partial charge on any atom is 0.245 e. The van der Waals surface area contributed by atoms with Gasteiger partial charge in [0.05, 0.1) is 0 Å². The lowest BCUT2D eigenvalue weighted by Gasteiger charge is -2.35. The number of nitrogens with two attached hydrogens (primary N) is 1. The van der Waals surface area contributed by atoms with Crippen LogP contribution in [0.1, 0.15) is 35.4 Å². The summed E-state index contributed by atoms with van der Waals surface area (Å²) >= 11 is 1.64. The van der Waals surface area contributed by atoms with E-state index in [1.165, 1.54) is 16.5 Å². The van der Waals surface area contributed by atoms with Crippen molar-refractivity contribution in [3.05, 3.63) is 47.1 Å². The number of nitrogens with zero attached hydrogens (tertiary/aromatic N) is 5. The van der Waals surface area contributed by atoms with Crippen LogP contribution in [-0.4, -0.2) is 82.9 Å². The number of hydrogen-bond donors (Lipinski definition) is 2. The first-order chi connectivity index (χ1) is 17.0. The molecule has 2 aromatic heterocycles. The molecule has 8 nitrogen and oxygen atoms in total. The summed E-state index contributed by atoms with van der Waals surface area (Å²) in [6, 6.07) is 4.42. The Kier molecular flexibility index (Phi) is 9.25. The Morgan fingerprint density at radius 2 is 2.06 bits per heavy atom. The molecule has 4 rings (SSSR count). The monoisotopic (exact) mass is 497 g/mol. The number of thiazole rings is 1. The molecule has 0 radical (unpaired) electrons. The van der Waals surface area contributed by atoms with Crippen molar-refractivity contribution in [3.8, 4) is 0 Å². The standard InChI is InChI=1S/C26H39N7OS/c1-3-25(34)33-9-4-6-21(19-33)14-23-15-22(16-24(29-23)30-26-28-17-20(2)35-26)18-32-12-10-31(11-13-32)8-5-7-27/h3,15-17,21H,1,4-14,18-19,27H2,2H3,(H,28,29,30)/t21-/m1/s1. The number of aromatic nitrogens is 2. The summed E-state index contributed by atoms with van der Waals surface area (Å²) in [6.45, 7) is 14.4. The molecule has 0 spiro atoms. The third-order valence-electron chi connectivity index (χ3n) is 6.85. The van der Waals surface area contributed by atoms with Gasteiger partial charge in [0, 0.05) is 62.6 Å². The van der Waals surface area contributed by atoms with Crippen LogP contribution in [0.15, 0.2) is 31.0 Å². The van der Waals surface area contributed by atoms with Gasteiger partial charge in [-0.2, -0.15) is 0 Å². The zero-order chi connectivity index (χ0) is 24.6. The molecule has 190 valence electrons. The van der Waals surface area contributed by atoms with Crippen LogP contribution in [-0.2, 0) is 17.8 Å². The van der Waals surface area contributed by atoms with Crippen molar-refractivity contribution in [1.82, 2.24) is 24.7 Å². The molecule has 2 aliphatic rings. The summed E-state index contributed by atoms with van der Waals surface area (Å²) in [4.78, 5) is 29.7. The Labute approximate surface area is 213 Å². The number of nitrogens with one attached hydrogen (secondary N) is 1. The number of rotatable bonds is 10. The lowest BCUT2D eigenvalue weighted by atomic mass is 9.92. The number of amides is 1. The van der Waals surface area contributed by atoms with Crippen molar-refractivity contribution < 1.29 is 4.79 Å². The topological polar surface area (TPSA) is 90.6 Å². The smallest absolute Gasteiger partial charge is 0.245 e. The number of carbonyl (C=O) groups excluding carboxylic acids is 1. The molecule has 0 bridgehead atoms. The van der Waals surface area contributed by atoms with Gasteiger partial charge in [0.2, 0.25) is 5.91 Å². The molecule has 9 heteroatoms. The number of likely N-dealkylation sites (tertiary alicyclic amines) is 1. The van der Waals surface area contributed by atoms with Gasteiger partial charge in [0.25, 0.3) is 0 Å². The number of piperidine rings is 1. The highest BCUT2D eigenvalue weighted by Gasteiger charge is 2.23. The summed E-state index contributed by atoms with van der Waals surface area (Å²) in [5.41, 5.74) is 8.04. The number of anilines is 2. The lowest BCUT2D eigenvalue weighted by molar-refractivity contribution is -0.127. The van der Waals surface area contributed by atoms with Crippen molar-refractivity contribution in [2.45, 2.75) is 39.2 Å². The Hall–Kier alpha value is -2.33. The molecule has 0 unspecified atom stereocenters. The molecule has 2 aliphatic heterocycles. The minimum absolute atomic E-state index is 0.0310. The van der Waals surface area contributed by atoms with Gasteiger partial charge in [0.1, 0.15) is 5.82 Å². The van der Waals surface area contributed by atoms with Gasteiger partial charge >= 0.3 is 0 Å². The maximum absolute atomic E-state index is 12.1. The van der Waals surface area contributed by atoms with E-state index in [1.54, 1.807) is 11.3 Å². The number of piperazine rings is 1. The number of aryl methyl sites for hydroxylation is 1. The average molecular weight is 498 g/mol. The Morgan fingerprint density at radius 3 is 2.77 bits per heavy atom. The van der Waals surface area contributed by atoms with Crippen molar-refractivity contribution in [2.75, 3.05) is 57.7 Å². The van der Waals surface area contributed by atoms with E-state index in [0.717, 1.165) is 101 Å². The van der Waals surface area contributed by atoms with Crippen LogP contribution in [0.25, 0.3) is 0 Å². The van der Waals surface area contributed by atoms with Crippen LogP contribution >= 0.6 is 11.3 Å². The normalized spacial score (nSPS) is 19.6. The average Bonchev–Trinajstić information content (AvgIpc) is 3.27. The molecule has 1 atom stereocenters. The van der Waals surface area contributed by atoms with Crippen molar-refractivity contribution >= 4 is 28.2 Å². The van der Waals surface area contributed by atoms with Gasteiger partial charge in [-0.1, -0.05) is 6.58 Å². The molecule has 2 fully saturated rings. The summed E-state index contributed by atoms with van der Waals surface area (Å²) in [5.74, 6) is 1.29. The van der Waals surface area contributed by atoms with Crippen LogP contribution in [0.4, 0.5) is 10.9 Å². The van der Waals surface area contributed by atoms with Crippen LogP contribution in [0, 0.1) is 12.8 Å². The quantitative estimate of drug-likeness (QED) is 0.488. The fraction of sp³-hybridized carbons (Fsp3) is 0.577. The molecule has 0 aromatic carbocycles. The molecule has 2 saturated heterocycles. The zero-order valence-corrected chi connectivity index (χ0v) is 21.7. The summed E-state index contributed by atoms with van der Waals surface area (Å²) in [7, 11) is 0. The first-order valence-corrected chi connectivity index (χ1v) is 13.6. The van der Waals surface area contributed by atoms with E-state index < -0.39 is 0 Å². The summed E-state index contributed by atoms with van der Waals surface area (Å²) < 4.78 is 0. The van der Waals surface area contributed by atoms with E-state index in [2.05, 4.69) is 45.7 Å². The van der Waals surface area contributed by atoms with Gasteiger partial charge < -0.3 is 20.9 Å². The van der Waals surface area contributed by atoms with Crippen molar-refractivity contribution in [1.29, 1.82) is 0 Å². The minimum Gasteiger partial charge on any atom is -0.339 e. The Morgan fingerprint density at radius 1 is 1.26 bits per heavy atom. The fourth-order valence-corrected chi connectivity index (χ4v) is 5.70. The van der Waals surface area contributed by atoms with Gasteiger partial charge in [-0.25, -0.2) is 9.97 Å². The fourth-order valence-electron chi connectivity index (χ4n) is 5.03. The Balaban J connectivity index is 1.45. The first-order valence-electron chi connectivity index (χ1n) is 12.8. The summed E-state index contributed by atoms with van der Waals surface area (Å²) in [6.07, 6.45) is 7.39. The molecular weight excluding hydrogens is 458 g/mol. The second kappa shape index (κ2) is 12.6. The van der Waals surface area contributed by atoms with Gasteiger partial charge in [-0.05, 0) is 75.4 Å². The van der Waals surface area contributed by atoms with E-state index in [1.807, 2.05) is 11.1 Å². The predicted octanol–water partition coefficient (Wildman–Crippen LogP) is 3.02. The first kappa shape index (κ1) is 25.8. The van der Waals surface area contributed by atoms with E-state index in [0.29, 0.717) is 5.92 Å². The minimum atomic E-state index is 0.0310. The number of pyridine rings is 1. The predicted molar refractivity (Wildman–Crippen MR) is 143 cm³/mol. The second-order valence-electron chi connectivity index (χ2n) is 9.71. The Bertz CT molecular complexity index is 986. The maximum atomic E-state index is 12.1. The molecule has 2 aromatic rings. The highest BCUT2D eigenvalue weighted by molar-refractivity contribution is 7.15. The molecule has 3 N–H and O–H groups in total. The highest BCUT2D eigenvalue weighted by atomic mass is 32.1. The van der Waals surface area contributed by atoms with Gasteiger partial charge in [-0.15, -0.1) is 11.3 Å². The van der Waals surface area contributed by atoms with Gasteiger partial charge in [0.15, 0.2) is 5.13 Å². The van der Waals surface area contributed by atoms with Crippen LogP contribution < -0.4 is 11.1 Å².